The summed E-state index contributed by atoms with van der Waals surface area (Å²) in [6, 6.07) is 90.4. The molecule has 0 aliphatic rings. The number of hydrogen-bond acceptors (Lipinski definition) is 2. The van der Waals surface area contributed by atoms with Gasteiger partial charge in [-0.2, -0.15) is 0 Å². The van der Waals surface area contributed by atoms with Gasteiger partial charge in [-0.3, -0.25) is 0 Å². The molecule has 0 spiro atoms. The summed E-state index contributed by atoms with van der Waals surface area (Å²) in [5, 5.41) is 12.1. The lowest BCUT2D eigenvalue weighted by atomic mass is 9.88. The maximum Gasteiger partial charge on any atom is 0.136 e. The summed E-state index contributed by atoms with van der Waals surface area (Å²) >= 11 is 0. The Hall–Kier alpha value is -8.72. The van der Waals surface area contributed by atoms with Gasteiger partial charge in [0.2, 0.25) is 0 Å². The SMILES string of the molecule is c1cc(-c2ccc(N(c3ccc(-c4c(-c5cccc6ccccc56)ccc5ccccc45)cc3)c3cc4ccccc4c4ccccc34)cc2)cc(-c2ccc3c(c2)oc2ccccc23)c1. The molecule has 0 atom stereocenters. The Kier molecular flexibility index (Phi) is 8.89. The molecule has 13 aromatic rings. The van der Waals surface area contributed by atoms with E-state index >= 15 is 0 Å². The van der Waals surface area contributed by atoms with Crippen LogP contribution in [0.5, 0.6) is 0 Å². The standard InChI is InChI=1S/C64H41NO/c1-4-19-52-43(13-1)16-12-25-56(52)60-38-31-44-14-2-6-21-54(44)64(60)45-29-35-51(36-30-45)65(61-40-49-15-3-5-20-53(49)55-22-7-8-23-57(55)61)50-33-27-42(28-34-50)46-17-11-18-47(39-46)48-32-37-59-58-24-9-10-26-62(58)66-63(59)41-48/h1-41H. The Morgan fingerprint density at radius 3 is 1.56 bits per heavy atom. The summed E-state index contributed by atoms with van der Waals surface area (Å²) in [4.78, 5) is 2.43. The first-order valence-electron chi connectivity index (χ1n) is 22.7. The highest BCUT2D eigenvalue weighted by molar-refractivity contribution is 6.15. The normalized spacial score (nSPS) is 11.6. The predicted octanol–water partition coefficient (Wildman–Crippen LogP) is 18.3. The number of fused-ring (bicyclic) bond motifs is 8. The van der Waals surface area contributed by atoms with Gasteiger partial charge >= 0.3 is 0 Å². The van der Waals surface area contributed by atoms with Crippen LogP contribution in [0.25, 0.3) is 110 Å². The van der Waals surface area contributed by atoms with Gasteiger partial charge in [0.05, 0.1) is 5.69 Å². The van der Waals surface area contributed by atoms with Crippen LogP contribution in [0.4, 0.5) is 17.1 Å². The third-order valence-corrected chi connectivity index (χ3v) is 13.4. The number of hydrogen-bond donors (Lipinski definition) is 0. The Morgan fingerprint density at radius 2 is 0.788 bits per heavy atom. The van der Waals surface area contributed by atoms with E-state index in [1.165, 1.54) is 65.3 Å². The average molecular weight is 840 g/mol. The van der Waals surface area contributed by atoms with Crippen molar-refractivity contribution in [2.45, 2.75) is 0 Å². The topological polar surface area (TPSA) is 16.4 Å². The fourth-order valence-corrected chi connectivity index (χ4v) is 10.3. The fraction of sp³-hybridized carbons (Fsp3) is 0. The van der Waals surface area contributed by atoms with Gasteiger partial charge in [-0.15, -0.1) is 0 Å². The van der Waals surface area contributed by atoms with E-state index in [4.69, 9.17) is 4.42 Å². The van der Waals surface area contributed by atoms with Gasteiger partial charge in [0.25, 0.3) is 0 Å². The van der Waals surface area contributed by atoms with E-state index in [1.54, 1.807) is 0 Å². The van der Waals surface area contributed by atoms with Gasteiger partial charge in [-0.1, -0.05) is 194 Å². The molecule has 0 aliphatic heterocycles. The molecular formula is C64H41NO. The van der Waals surface area contributed by atoms with E-state index < -0.39 is 0 Å². The minimum atomic E-state index is 0.903. The molecule has 1 aromatic heterocycles. The zero-order valence-electron chi connectivity index (χ0n) is 36.0. The molecule has 308 valence electrons. The van der Waals surface area contributed by atoms with Crippen molar-refractivity contribution in [2.75, 3.05) is 4.90 Å². The monoisotopic (exact) mass is 839 g/mol. The van der Waals surface area contributed by atoms with Crippen LogP contribution in [0.1, 0.15) is 0 Å². The molecule has 0 N–H and O–H groups in total. The van der Waals surface area contributed by atoms with Gasteiger partial charge in [-0.25, -0.2) is 0 Å². The highest BCUT2D eigenvalue weighted by Crippen LogP contribution is 2.45. The van der Waals surface area contributed by atoms with Crippen LogP contribution in [-0.4, -0.2) is 0 Å². The van der Waals surface area contributed by atoms with Crippen molar-refractivity contribution in [1.82, 2.24) is 0 Å². The predicted molar refractivity (Wildman–Crippen MR) is 280 cm³/mol. The number of rotatable bonds is 7. The van der Waals surface area contributed by atoms with Crippen molar-refractivity contribution in [3.8, 4) is 44.5 Å². The number of nitrogens with zero attached hydrogens (tertiary/aromatic N) is 1. The molecule has 0 bridgehead atoms. The Balaban J connectivity index is 0.934. The molecule has 2 heteroatoms. The van der Waals surface area contributed by atoms with Gasteiger partial charge < -0.3 is 9.32 Å². The van der Waals surface area contributed by atoms with Crippen molar-refractivity contribution in [2.24, 2.45) is 0 Å². The zero-order chi connectivity index (χ0) is 43.6. The van der Waals surface area contributed by atoms with E-state index in [0.717, 1.165) is 61.3 Å². The first-order chi connectivity index (χ1) is 32.7. The van der Waals surface area contributed by atoms with Crippen LogP contribution in [-0.2, 0) is 0 Å². The molecule has 0 saturated heterocycles. The van der Waals surface area contributed by atoms with E-state index in [0.29, 0.717) is 0 Å². The molecule has 0 unspecified atom stereocenters. The largest absolute Gasteiger partial charge is 0.456 e. The van der Waals surface area contributed by atoms with Crippen molar-refractivity contribution < 1.29 is 4.42 Å². The summed E-state index contributed by atoms with van der Waals surface area (Å²) in [6.07, 6.45) is 0. The second-order valence-electron chi connectivity index (χ2n) is 17.2. The minimum Gasteiger partial charge on any atom is -0.456 e. The molecule has 66 heavy (non-hydrogen) atoms. The number of benzene rings is 12. The second-order valence-corrected chi connectivity index (χ2v) is 17.2. The van der Waals surface area contributed by atoms with Crippen LogP contribution >= 0.6 is 0 Å². The van der Waals surface area contributed by atoms with E-state index in [-0.39, 0.29) is 0 Å². The Labute approximate surface area is 382 Å². The summed E-state index contributed by atoms with van der Waals surface area (Å²) in [7, 11) is 0. The summed E-state index contributed by atoms with van der Waals surface area (Å²) in [6.45, 7) is 0. The quantitative estimate of drug-likeness (QED) is 0.149. The number of para-hydroxylation sites is 1. The molecule has 12 aromatic carbocycles. The van der Waals surface area contributed by atoms with Crippen molar-refractivity contribution >= 4 is 82.1 Å². The van der Waals surface area contributed by atoms with Crippen LogP contribution in [0.3, 0.4) is 0 Å². The first-order valence-corrected chi connectivity index (χ1v) is 22.7. The Bertz CT molecular complexity index is 3990. The van der Waals surface area contributed by atoms with Gasteiger partial charge in [0, 0.05) is 27.5 Å². The van der Waals surface area contributed by atoms with Crippen LogP contribution in [0, 0.1) is 0 Å². The van der Waals surface area contributed by atoms with E-state index in [2.05, 4.69) is 241 Å². The summed E-state index contributed by atoms with van der Waals surface area (Å²) in [5.74, 6) is 0. The van der Waals surface area contributed by atoms with Crippen molar-refractivity contribution in [3.63, 3.8) is 0 Å². The minimum absolute atomic E-state index is 0.903. The average Bonchev–Trinajstić information content (AvgIpc) is 3.77. The highest BCUT2D eigenvalue weighted by Gasteiger charge is 2.20. The molecule has 2 nitrogen and oxygen atoms in total. The zero-order valence-corrected chi connectivity index (χ0v) is 36.0. The third-order valence-electron chi connectivity index (χ3n) is 13.4. The molecule has 0 fully saturated rings. The summed E-state index contributed by atoms with van der Waals surface area (Å²) in [5.41, 5.74) is 14.6. The van der Waals surface area contributed by atoms with Crippen LogP contribution in [0.15, 0.2) is 253 Å². The molecule has 13 rings (SSSR count). The molecule has 0 radical (unpaired) electrons. The molecule has 0 amide bonds. The van der Waals surface area contributed by atoms with Crippen molar-refractivity contribution in [1.29, 1.82) is 0 Å². The molecular weight excluding hydrogens is 799 g/mol. The van der Waals surface area contributed by atoms with Crippen LogP contribution in [0.2, 0.25) is 0 Å². The van der Waals surface area contributed by atoms with Gasteiger partial charge in [-0.05, 0) is 137 Å². The third kappa shape index (κ3) is 6.34. The number of furan rings is 1. The lowest BCUT2D eigenvalue weighted by Crippen LogP contribution is -2.10. The molecule has 1 heterocycles. The molecule has 0 saturated carbocycles. The molecule has 0 aliphatic carbocycles. The second kappa shape index (κ2) is 15.5. The number of anilines is 3. The summed E-state index contributed by atoms with van der Waals surface area (Å²) < 4.78 is 6.27. The van der Waals surface area contributed by atoms with Crippen LogP contribution < -0.4 is 4.90 Å². The smallest absolute Gasteiger partial charge is 0.136 e. The first kappa shape index (κ1) is 37.8. The maximum absolute atomic E-state index is 6.27. The van der Waals surface area contributed by atoms with Crippen molar-refractivity contribution in [3.05, 3.63) is 249 Å². The fourth-order valence-electron chi connectivity index (χ4n) is 10.3. The van der Waals surface area contributed by atoms with Gasteiger partial charge in [0.15, 0.2) is 0 Å². The lowest BCUT2D eigenvalue weighted by molar-refractivity contribution is 0.669. The van der Waals surface area contributed by atoms with Gasteiger partial charge in [0.1, 0.15) is 11.2 Å². The van der Waals surface area contributed by atoms with E-state index in [1.807, 2.05) is 12.1 Å². The van der Waals surface area contributed by atoms with E-state index in [9.17, 15) is 0 Å². The maximum atomic E-state index is 6.27. The Morgan fingerprint density at radius 1 is 0.258 bits per heavy atom. The lowest BCUT2D eigenvalue weighted by Gasteiger charge is -2.28. The highest BCUT2D eigenvalue weighted by atomic mass is 16.3.